The number of methoxy groups -OCH3 is 1. The van der Waals surface area contributed by atoms with E-state index in [9.17, 15) is 14.0 Å². The van der Waals surface area contributed by atoms with Gasteiger partial charge in [-0.3, -0.25) is 9.59 Å². The minimum absolute atomic E-state index is 0.109. The summed E-state index contributed by atoms with van der Waals surface area (Å²) in [4.78, 5) is 25.3. The van der Waals surface area contributed by atoms with Gasteiger partial charge in [-0.25, -0.2) is 4.39 Å². The highest BCUT2D eigenvalue weighted by Gasteiger charge is 2.21. The second-order valence-corrected chi connectivity index (χ2v) is 7.51. The van der Waals surface area contributed by atoms with Crippen molar-refractivity contribution in [2.75, 3.05) is 19.0 Å². The van der Waals surface area contributed by atoms with Gasteiger partial charge in [0.05, 0.1) is 18.0 Å². The van der Waals surface area contributed by atoms with Crippen molar-refractivity contribution in [3.05, 3.63) is 63.8 Å². The van der Waals surface area contributed by atoms with E-state index in [4.69, 9.17) is 4.74 Å². The molecule has 0 unspecified atom stereocenters. The van der Waals surface area contributed by atoms with Crippen molar-refractivity contribution in [1.82, 2.24) is 5.32 Å². The van der Waals surface area contributed by atoms with Gasteiger partial charge in [-0.15, -0.1) is 11.3 Å². The first-order valence-corrected chi connectivity index (χ1v) is 9.57. The van der Waals surface area contributed by atoms with Crippen molar-refractivity contribution in [2.24, 2.45) is 0 Å². The Hall–Kier alpha value is -2.77. The molecule has 2 aromatic carbocycles. The van der Waals surface area contributed by atoms with Gasteiger partial charge in [0.15, 0.2) is 0 Å². The number of para-hydroxylation sites is 1. The number of benzene rings is 2. The monoisotopic (exact) mass is 400 g/mol. The Bertz CT molecular complexity index is 1030. The molecule has 1 heterocycles. The number of halogens is 1. The van der Waals surface area contributed by atoms with Crippen LogP contribution >= 0.6 is 11.3 Å². The van der Waals surface area contributed by atoms with Crippen LogP contribution in [0.4, 0.5) is 10.1 Å². The topological polar surface area (TPSA) is 67.4 Å². The van der Waals surface area contributed by atoms with Gasteiger partial charge in [0.1, 0.15) is 5.82 Å². The van der Waals surface area contributed by atoms with Gasteiger partial charge < -0.3 is 15.4 Å². The van der Waals surface area contributed by atoms with Crippen LogP contribution in [0.15, 0.2) is 36.4 Å². The number of hydrogen-bond donors (Lipinski definition) is 2. The molecule has 28 heavy (non-hydrogen) atoms. The quantitative estimate of drug-likeness (QED) is 0.653. The molecule has 0 saturated carbocycles. The zero-order chi connectivity index (χ0) is 20.3. The first kappa shape index (κ1) is 20.0. The predicted octanol–water partition coefficient (Wildman–Crippen LogP) is 4.17. The van der Waals surface area contributed by atoms with Crippen molar-refractivity contribution in [1.29, 1.82) is 0 Å². The third-order valence-electron chi connectivity index (χ3n) is 4.41. The summed E-state index contributed by atoms with van der Waals surface area (Å²) in [6.45, 7) is 3.74. The predicted molar refractivity (Wildman–Crippen MR) is 109 cm³/mol. The molecule has 7 heteroatoms. The van der Waals surface area contributed by atoms with Crippen molar-refractivity contribution >= 4 is 38.9 Å². The van der Waals surface area contributed by atoms with E-state index in [-0.39, 0.29) is 19.1 Å². The molecule has 0 saturated heterocycles. The summed E-state index contributed by atoms with van der Waals surface area (Å²) in [6, 6.07) is 10.4. The Balaban J connectivity index is 1.75. The molecule has 0 aliphatic carbocycles. The smallest absolute Gasteiger partial charge is 0.262 e. The van der Waals surface area contributed by atoms with Gasteiger partial charge in [-0.1, -0.05) is 24.3 Å². The molecule has 0 aliphatic heterocycles. The summed E-state index contributed by atoms with van der Waals surface area (Å²) in [5.41, 5.74) is 3.13. The normalized spacial score (nSPS) is 10.9. The van der Waals surface area contributed by atoms with Gasteiger partial charge in [-0.2, -0.15) is 0 Å². The zero-order valence-corrected chi connectivity index (χ0v) is 16.7. The van der Waals surface area contributed by atoms with Gasteiger partial charge in [0, 0.05) is 28.4 Å². The number of aryl methyl sites for hydroxylation is 2. The molecule has 3 aromatic rings. The molecule has 146 valence electrons. The SMILES string of the molecule is COCc1c(C(=O)NCC(=O)Nc2c(C)cccc2C)sc2cccc(F)c12. The van der Waals surface area contributed by atoms with E-state index in [1.54, 1.807) is 12.1 Å². The molecule has 0 radical (unpaired) electrons. The van der Waals surface area contributed by atoms with Crippen LogP contribution in [0.1, 0.15) is 26.4 Å². The fraction of sp³-hybridized carbons (Fsp3) is 0.238. The van der Waals surface area contributed by atoms with E-state index in [1.165, 1.54) is 24.5 Å². The van der Waals surface area contributed by atoms with Crippen LogP contribution in [0.25, 0.3) is 10.1 Å². The lowest BCUT2D eigenvalue weighted by atomic mass is 10.1. The number of thiophene rings is 1. The van der Waals surface area contributed by atoms with Crippen LogP contribution in [-0.4, -0.2) is 25.5 Å². The van der Waals surface area contributed by atoms with Gasteiger partial charge in [-0.05, 0) is 37.1 Å². The van der Waals surface area contributed by atoms with Crippen LogP contribution in [0.3, 0.4) is 0 Å². The van der Waals surface area contributed by atoms with Gasteiger partial charge in [0.2, 0.25) is 5.91 Å². The minimum atomic E-state index is -0.427. The molecule has 0 spiro atoms. The summed E-state index contributed by atoms with van der Waals surface area (Å²) in [6.07, 6.45) is 0. The Morgan fingerprint density at radius 1 is 1.11 bits per heavy atom. The highest BCUT2D eigenvalue weighted by Crippen LogP contribution is 2.33. The van der Waals surface area contributed by atoms with Crippen molar-refractivity contribution < 1.29 is 18.7 Å². The van der Waals surface area contributed by atoms with E-state index in [2.05, 4.69) is 10.6 Å². The Morgan fingerprint density at radius 2 is 1.79 bits per heavy atom. The number of amides is 2. The van der Waals surface area contributed by atoms with E-state index in [1.807, 2.05) is 32.0 Å². The number of carbonyl (C=O) groups is 2. The van der Waals surface area contributed by atoms with Crippen molar-refractivity contribution in [3.8, 4) is 0 Å². The third-order valence-corrected chi connectivity index (χ3v) is 5.61. The first-order valence-electron chi connectivity index (χ1n) is 8.75. The second kappa shape index (κ2) is 8.50. The van der Waals surface area contributed by atoms with E-state index in [0.29, 0.717) is 20.5 Å². The highest BCUT2D eigenvalue weighted by molar-refractivity contribution is 7.21. The number of nitrogens with one attached hydrogen (secondary N) is 2. The Labute approximate surface area is 166 Å². The largest absolute Gasteiger partial charge is 0.380 e. The summed E-state index contributed by atoms with van der Waals surface area (Å²) < 4.78 is 20.0. The molecule has 0 aliphatic rings. The maximum Gasteiger partial charge on any atom is 0.262 e. The summed E-state index contributed by atoms with van der Waals surface area (Å²) in [7, 11) is 1.49. The lowest BCUT2D eigenvalue weighted by Crippen LogP contribution is -2.33. The summed E-state index contributed by atoms with van der Waals surface area (Å²) in [5, 5.41) is 5.83. The molecule has 5 nitrogen and oxygen atoms in total. The van der Waals surface area contributed by atoms with E-state index in [0.717, 1.165) is 16.8 Å². The van der Waals surface area contributed by atoms with Crippen LogP contribution in [0.5, 0.6) is 0 Å². The first-order chi connectivity index (χ1) is 13.4. The molecular formula is C21H21FN2O3S. The zero-order valence-electron chi connectivity index (χ0n) is 15.9. The number of carbonyl (C=O) groups excluding carboxylic acids is 2. The third kappa shape index (κ3) is 4.05. The fourth-order valence-corrected chi connectivity index (χ4v) is 4.21. The Morgan fingerprint density at radius 3 is 2.46 bits per heavy atom. The fourth-order valence-electron chi connectivity index (χ4n) is 3.07. The maximum atomic E-state index is 14.2. The molecule has 2 N–H and O–H groups in total. The van der Waals surface area contributed by atoms with Crippen molar-refractivity contribution in [3.63, 3.8) is 0 Å². The lowest BCUT2D eigenvalue weighted by Gasteiger charge is -2.12. The number of fused-ring (bicyclic) bond motifs is 1. The van der Waals surface area contributed by atoms with Crippen LogP contribution < -0.4 is 10.6 Å². The number of hydrogen-bond acceptors (Lipinski definition) is 4. The van der Waals surface area contributed by atoms with Crippen LogP contribution in [0, 0.1) is 19.7 Å². The number of ether oxygens (including phenoxy) is 1. The highest BCUT2D eigenvalue weighted by atomic mass is 32.1. The molecule has 0 fully saturated rings. The second-order valence-electron chi connectivity index (χ2n) is 6.45. The van der Waals surface area contributed by atoms with Gasteiger partial charge >= 0.3 is 0 Å². The standard InChI is InChI=1S/C21H21FN2O3S/c1-12-6-4-7-13(2)19(12)24-17(25)10-23-21(26)20-14(11-27-3)18-15(22)8-5-9-16(18)28-20/h4-9H,10-11H2,1-3H3,(H,23,26)(H,24,25). The number of rotatable bonds is 6. The van der Waals surface area contributed by atoms with Crippen LogP contribution in [0.2, 0.25) is 0 Å². The summed E-state index contributed by atoms with van der Waals surface area (Å²) >= 11 is 1.18. The van der Waals surface area contributed by atoms with E-state index < -0.39 is 11.7 Å². The van der Waals surface area contributed by atoms with Crippen molar-refractivity contribution in [2.45, 2.75) is 20.5 Å². The average Bonchev–Trinajstić information content (AvgIpc) is 3.03. The minimum Gasteiger partial charge on any atom is -0.380 e. The van der Waals surface area contributed by atoms with Gasteiger partial charge in [0.25, 0.3) is 5.91 Å². The van der Waals surface area contributed by atoms with E-state index >= 15 is 0 Å². The average molecular weight is 400 g/mol. The molecule has 2 amide bonds. The molecule has 3 rings (SSSR count). The van der Waals surface area contributed by atoms with Crippen LogP contribution in [-0.2, 0) is 16.1 Å². The lowest BCUT2D eigenvalue weighted by molar-refractivity contribution is -0.115. The Kier molecular flexibility index (Phi) is 6.06. The molecular weight excluding hydrogens is 379 g/mol. The molecule has 0 atom stereocenters. The maximum absolute atomic E-state index is 14.2. The molecule has 1 aromatic heterocycles. The number of anilines is 1. The summed E-state index contributed by atoms with van der Waals surface area (Å²) in [5.74, 6) is -1.15. The molecule has 0 bridgehead atoms.